The van der Waals surface area contributed by atoms with E-state index in [1.54, 1.807) is 17.0 Å². The Bertz CT molecular complexity index is 749. The normalized spacial score (nSPS) is 23.4. The lowest BCUT2D eigenvalue weighted by atomic mass is 9.78. The van der Waals surface area contributed by atoms with Crippen LogP contribution < -0.4 is 16.4 Å². The third-order valence-electron chi connectivity index (χ3n) is 4.97. The molecule has 1 amide bonds. The Hall–Kier alpha value is -2.61. The van der Waals surface area contributed by atoms with Crippen molar-refractivity contribution in [2.45, 2.75) is 24.8 Å². The summed E-state index contributed by atoms with van der Waals surface area (Å²) in [7, 11) is 0. The first-order valence-electron chi connectivity index (χ1n) is 8.58. The highest BCUT2D eigenvalue weighted by molar-refractivity contribution is 5.91. The molecule has 0 radical (unpaired) electrons. The number of anilines is 2. The van der Waals surface area contributed by atoms with E-state index in [2.05, 4.69) is 14.9 Å². The number of rotatable bonds is 3. The van der Waals surface area contributed by atoms with Gasteiger partial charge in [0, 0.05) is 44.2 Å². The summed E-state index contributed by atoms with van der Waals surface area (Å²) in [6.45, 7) is 2.64. The van der Waals surface area contributed by atoms with Gasteiger partial charge in [-0.15, -0.1) is 0 Å². The SMILES string of the molecule is Nc1nc(C2CC(N)C2)cc(N2CCN(C(=O)c3ccco3)CC2)n1. The van der Waals surface area contributed by atoms with E-state index in [1.807, 2.05) is 6.07 Å². The van der Waals surface area contributed by atoms with Crippen molar-refractivity contribution in [2.24, 2.45) is 5.73 Å². The second-order valence-electron chi connectivity index (χ2n) is 6.69. The zero-order valence-electron chi connectivity index (χ0n) is 14.0. The van der Waals surface area contributed by atoms with Crippen molar-refractivity contribution < 1.29 is 9.21 Å². The summed E-state index contributed by atoms with van der Waals surface area (Å²) >= 11 is 0. The van der Waals surface area contributed by atoms with Crippen molar-refractivity contribution in [3.8, 4) is 0 Å². The van der Waals surface area contributed by atoms with Gasteiger partial charge in [0.1, 0.15) is 5.82 Å². The minimum atomic E-state index is -0.0732. The van der Waals surface area contributed by atoms with Crippen molar-refractivity contribution in [2.75, 3.05) is 36.8 Å². The van der Waals surface area contributed by atoms with E-state index in [9.17, 15) is 4.79 Å². The minimum Gasteiger partial charge on any atom is -0.459 e. The van der Waals surface area contributed by atoms with Crippen molar-refractivity contribution in [3.05, 3.63) is 35.9 Å². The molecule has 0 unspecified atom stereocenters. The molecule has 3 heterocycles. The van der Waals surface area contributed by atoms with E-state index in [4.69, 9.17) is 15.9 Å². The molecule has 0 atom stereocenters. The molecular formula is C17H22N6O2. The van der Waals surface area contributed by atoms with Gasteiger partial charge in [-0.25, -0.2) is 4.98 Å². The van der Waals surface area contributed by atoms with Crippen LogP contribution in [0.4, 0.5) is 11.8 Å². The summed E-state index contributed by atoms with van der Waals surface area (Å²) in [6.07, 6.45) is 3.41. The molecule has 4 rings (SSSR count). The van der Waals surface area contributed by atoms with Crippen LogP contribution in [0.15, 0.2) is 28.9 Å². The first kappa shape index (κ1) is 15.9. The summed E-state index contributed by atoms with van der Waals surface area (Å²) < 4.78 is 5.19. The highest BCUT2D eigenvalue weighted by Crippen LogP contribution is 2.36. The van der Waals surface area contributed by atoms with Crippen molar-refractivity contribution >= 4 is 17.7 Å². The van der Waals surface area contributed by atoms with Crippen LogP contribution in [-0.4, -0.2) is 53.0 Å². The number of nitrogens with zero attached hydrogens (tertiary/aromatic N) is 4. The quantitative estimate of drug-likeness (QED) is 0.848. The predicted molar refractivity (Wildman–Crippen MR) is 93.2 cm³/mol. The first-order chi connectivity index (χ1) is 12.1. The third-order valence-corrected chi connectivity index (χ3v) is 4.97. The fraction of sp³-hybridized carbons (Fsp3) is 0.471. The monoisotopic (exact) mass is 342 g/mol. The van der Waals surface area contributed by atoms with E-state index in [1.165, 1.54) is 6.26 Å². The minimum absolute atomic E-state index is 0.0732. The average molecular weight is 342 g/mol. The van der Waals surface area contributed by atoms with Crippen LogP contribution >= 0.6 is 0 Å². The van der Waals surface area contributed by atoms with Gasteiger partial charge in [0.25, 0.3) is 5.91 Å². The molecule has 0 aromatic carbocycles. The van der Waals surface area contributed by atoms with Crippen LogP contribution in [0.2, 0.25) is 0 Å². The Kier molecular flexibility index (Phi) is 4.04. The molecule has 0 bridgehead atoms. The number of hydrogen-bond donors (Lipinski definition) is 2. The summed E-state index contributed by atoms with van der Waals surface area (Å²) in [6, 6.07) is 5.69. The van der Waals surface area contributed by atoms with E-state index >= 15 is 0 Å². The van der Waals surface area contributed by atoms with E-state index in [0.29, 0.717) is 43.8 Å². The van der Waals surface area contributed by atoms with Gasteiger partial charge in [0.05, 0.1) is 12.0 Å². The fourth-order valence-electron chi connectivity index (χ4n) is 3.44. The maximum absolute atomic E-state index is 12.3. The highest BCUT2D eigenvalue weighted by atomic mass is 16.3. The molecule has 2 aromatic heterocycles. The second-order valence-corrected chi connectivity index (χ2v) is 6.69. The average Bonchev–Trinajstić information content (AvgIpc) is 3.12. The van der Waals surface area contributed by atoms with Gasteiger partial charge in [-0.3, -0.25) is 4.79 Å². The zero-order valence-corrected chi connectivity index (χ0v) is 14.0. The van der Waals surface area contributed by atoms with Gasteiger partial charge in [-0.2, -0.15) is 4.98 Å². The number of nitrogens with two attached hydrogens (primary N) is 2. The molecule has 8 nitrogen and oxygen atoms in total. The maximum atomic E-state index is 12.3. The Balaban J connectivity index is 1.43. The van der Waals surface area contributed by atoms with Crippen molar-refractivity contribution in [3.63, 3.8) is 0 Å². The van der Waals surface area contributed by atoms with Crippen LogP contribution in [0.25, 0.3) is 0 Å². The number of carbonyl (C=O) groups excluding carboxylic acids is 1. The van der Waals surface area contributed by atoms with Crippen LogP contribution in [0.3, 0.4) is 0 Å². The molecule has 25 heavy (non-hydrogen) atoms. The summed E-state index contributed by atoms with van der Waals surface area (Å²) in [5, 5.41) is 0. The summed E-state index contributed by atoms with van der Waals surface area (Å²) in [5.41, 5.74) is 12.7. The van der Waals surface area contributed by atoms with Gasteiger partial charge in [-0.1, -0.05) is 0 Å². The van der Waals surface area contributed by atoms with Gasteiger partial charge in [0.15, 0.2) is 5.76 Å². The summed E-state index contributed by atoms with van der Waals surface area (Å²) in [5.74, 6) is 1.80. The number of nitrogen functional groups attached to an aromatic ring is 1. The van der Waals surface area contributed by atoms with Gasteiger partial charge in [0.2, 0.25) is 5.95 Å². The van der Waals surface area contributed by atoms with Crippen LogP contribution in [0.5, 0.6) is 0 Å². The predicted octanol–water partition coefficient (Wildman–Crippen LogP) is 0.819. The Morgan fingerprint density at radius 3 is 2.60 bits per heavy atom. The largest absolute Gasteiger partial charge is 0.459 e. The van der Waals surface area contributed by atoms with Gasteiger partial charge >= 0.3 is 0 Å². The number of carbonyl (C=O) groups is 1. The Morgan fingerprint density at radius 1 is 1.20 bits per heavy atom. The molecule has 4 N–H and O–H groups in total. The summed E-state index contributed by atoms with van der Waals surface area (Å²) in [4.78, 5) is 25.0. The van der Waals surface area contributed by atoms with E-state index < -0.39 is 0 Å². The maximum Gasteiger partial charge on any atom is 0.289 e. The van der Waals surface area contributed by atoms with E-state index in [-0.39, 0.29) is 11.9 Å². The molecule has 1 aliphatic carbocycles. The lowest BCUT2D eigenvalue weighted by molar-refractivity contribution is 0.0714. The lowest BCUT2D eigenvalue weighted by Crippen LogP contribution is -2.49. The lowest BCUT2D eigenvalue weighted by Gasteiger charge is -2.36. The van der Waals surface area contributed by atoms with Crippen LogP contribution in [0.1, 0.15) is 35.0 Å². The molecule has 0 spiro atoms. The molecular weight excluding hydrogens is 320 g/mol. The van der Waals surface area contributed by atoms with E-state index in [0.717, 1.165) is 24.4 Å². The topological polar surface area (TPSA) is 115 Å². The van der Waals surface area contributed by atoms with Gasteiger partial charge < -0.3 is 25.7 Å². The molecule has 1 aliphatic heterocycles. The highest BCUT2D eigenvalue weighted by Gasteiger charge is 2.30. The zero-order chi connectivity index (χ0) is 17.4. The third kappa shape index (κ3) is 3.17. The first-order valence-corrected chi connectivity index (χ1v) is 8.58. The molecule has 132 valence electrons. The second kappa shape index (κ2) is 6.36. The number of amides is 1. The standard InChI is InChI=1S/C17H22N6O2/c18-12-8-11(9-12)13-10-15(21-17(19)20-13)22-3-5-23(6-4-22)16(24)14-2-1-7-25-14/h1-2,7,10-12H,3-6,8-9,18H2,(H2,19,20,21). The van der Waals surface area contributed by atoms with Crippen LogP contribution in [0, 0.1) is 0 Å². The Labute approximate surface area is 145 Å². The fourth-order valence-corrected chi connectivity index (χ4v) is 3.44. The molecule has 2 fully saturated rings. The number of piperazine rings is 1. The van der Waals surface area contributed by atoms with Crippen LogP contribution in [-0.2, 0) is 0 Å². The Morgan fingerprint density at radius 2 is 1.96 bits per heavy atom. The number of furan rings is 1. The molecule has 1 saturated heterocycles. The number of aromatic nitrogens is 2. The van der Waals surface area contributed by atoms with Gasteiger partial charge in [-0.05, 0) is 25.0 Å². The molecule has 1 saturated carbocycles. The molecule has 2 aliphatic rings. The van der Waals surface area contributed by atoms with Crippen molar-refractivity contribution in [1.82, 2.24) is 14.9 Å². The van der Waals surface area contributed by atoms with Crippen molar-refractivity contribution in [1.29, 1.82) is 0 Å². The number of hydrogen-bond acceptors (Lipinski definition) is 7. The smallest absolute Gasteiger partial charge is 0.289 e. The molecule has 8 heteroatoms. The molecule has 2 aromatic rings.